The predicted octanol–water partition coefficient (Wildman–Crippen LogP) is 5.41. The number of aliphatic carboxylic acids is 1. The van der Waals surface area contributed by atoms with E-state index in [2.05, 4.69) is 13.8 Å². The molecule has 0 saturated heterocycles. The minimum atomic E-state index is -0.631. The van der Waals surface area contributed by atoms with Crippen LogP contribution in [-0.4, -0.2) is 11.1 Å². The lowest BCUT2D eigenvalue weighted by atomic mass is 9.93. The minimum Gasteiger partial charge on any atom is -0.481 e. The molecule has 0 saturated carbocycles. The van der Waals surface area contributed by atoms with Crippen molar-refractivity contribution in [3.63, 3.8) is 0 Å². The molecule has 0 heterocycles. The van der Waals surface area contributed by atoms with Crippen LogP contribution in [0.2, 0.25) is 0 Å². The molecule has 0 rings (SSSR count). The van der Waals surface area contributed by atoms with Gasteiger partial charge < -0.3 is 5.11 Å². The normalized spacial score (nSPS) is 12.6. The van der Waals surface area contributed by atoms with Gasteiger partial charge in [-0.3, -0.25) is 4.79 Å². The van der Waals surface area contributed by atoms with Crippen LogP contribution in [-0.2, 0) is 4.79 Å². The molecule has 108 valence electrons. The van der Waals surface area contributed by atoms with Crippen LogP contribution in [0.1, 0.15) is 90.9 Å². The molecule has 0 spiro atoms. The smallest absolute Gasteiger partial charge is 0.303 e. The summed E-state index contributed by atoms with van der Waals surface area (Å²) in [7, 11) is 0. The average molecular weight is 256 g/mol. The quantitative estimate of drug-likeness (QED) is 0.447. The SMILES string of the molecule is CCCCCCCCCCC(CCC)CC(=O)O. The first-order valence-electron chi connectivity index (χ1n) is 7.92. The number of carboxylic acid groups (broad SMARTS) is 1. The van der Waals surface area contributed by atoms with Crippen molar-refractivity contribution in [2.45, 2.75) is 90.9 Å². The van der Waals surface area contributed by atoms with Crippen molar-refractivity contribution in [2.24, 2.45) is 5.92 Å². The Bertz CT molecular complexity index is 190. The number of carboxylic acids is 1. The fourth-order valence-electron chi connectivity index (χ4n) is 2.57. The summed E-state index contributed by atoms with van der Waals surface area (Å²) in [6.45, 7) is 4.39. The van der Waals surface area contributed by atoms with Crippen LogP contribution in [0.25, 0.3) is 0 Å². The van der Waals surface area contributed by atoms with Crippen LogP contribution in [0, 0.1) is 5.92 Å². The van der Waals surface area contributed by atoms with Crippen molar-refractivity contribution in [1.82, 2.24) is 0 Å². The van der Waals surface area contributed by atoms with Gasteiger partial charge in [0.15, 0.2) is 0 Å². The van der Waals surface area contributed by atoms with Gasteiger partial charge in [-0.05, 0) is 12.3 Å². The molecule has 0 bridgehead atoms. The maximum Gasteiger partial charge on any atom is 0.303 e. The van der Waals surface area contributed by atoms with E-state index in [0.29, 0.717) is 12.3 Å². The van der Waals surface area contributed by atoms with Crippen LogP contribution in [0.3, 0.4) is 0 Å². The topological polar surface area (TPSA) is 37.3 Å². The molecule has 2 heteroatoms. The molecule has 0 amide bonds. The Morgan fingerprint density at radius 1 is 0.833 bits per heavy atom. The van der Waals surface area contributed by atoms with E-state index in [0.717, 1.165) is 19.3 Å². The highest BCUT2D eigenvalue weighted by atomic mass is 16.4. The van der Waals surface area contributed by atoms with Crippen LogP contribution in [0.15, 0.2) is 0 Å². The summed E-state index contributed by atoms with van der Waals surface area (Å²) in [5.74, 6) is -0.222. The predicted molar refractivity (Wildman–Crippen MR) is 77.9 cm³/mol. The van der Waals surface area contributed by atoms with E-state index in [1.807, 2.05) is 0 Å². The number of hydrogen-bond donors (Lipinski definition) is 1. The second-order valence-corrected chi connectivity index (χ2v) is 5.52. The van der Waals surface area contributed by atoms with Crippen LogP contribution in [0.4, 0.5) is 0 Å². The van der Waals surface area contributed by atoms with Gasteiger partial charge in [-0.15, -0.1) is 0 Å². The van der Waals surface area contributed by atoms with Crippen molar-refractivity contribution in [3.8, 4) is 0 Å². The summed E-state index contributed by atoms with van der Waals surface area (Å²) in [6.07, 6.45) is 14.3. The molecule has 0 aliphatic heterocycles. The molecular formula is C16H32O2. The molecular weight excluding hydrogens is 224 g/mol. The molecule has 0 aromatic rings. The summed E-state index contributed by atoms with van der Waals surface area (Å²) >= 11 is 0. The van der Waals surface area contributed by atoms with Crippen LogP contribution < -0.4 is 0 Å². The monoisotopic (exact) mass is 256 g/mol. The van der Waals surface area contributed by atoms with E-state index in [4.69, 9.17) is 5.11 Å². The van der Waals surface area contributed by atoms with Crippen molar-refractivity contribution >= 4 is 5.97 Å². The van der Waals surface area contributed by atoms with Gasteiger partial charge in [-0.25, -0.2) is 0 Å². The van der Waals surface area contributed by atoms with Crippen molar-refractivity contribution in [2.75, 3.05) is 0 Å². The number of unbranched alkanes of at least 4 members (excludes halogenated alkanes) is 7. The Hall–Kier alpha value is -0.530. The third kappa shape index (κ3) is 11.9. The lowest BCUT2D eigenvalue weighted by Gasteiger charge is -2.13. The number of carbonyl (C=O) groups is 1. The molecule has 0 radical (unpaired) electrons. The second-order valence-electron chi connectivity index (χ2n) is 5.52. The number of hydrogen-bond acceptors (Lipinski definition) is 1. The molecule has 1 atom stereocenters. The third-order valence-electron chi connectivity index (χ3n) is 3.63. The minimum absolute atomic E-state index is 0.365. The lowest BCUT2D eigenvalue weighted by Crippen LogP contribution is -2.07. The van der Waals surface area contributed by atoms with Gasteiger partial charge in [0, 0.05) is 6.42 Å². The molecule has 18 heavy (non-hydrogen) atoms. The van der Waals surface area contributed by atoms with Crippen molar-refractivity contribution in [1.29, 1.82) is 0 Å². The Kier molecular flexibility index (Phi) is 12.5. The first kappa shape index (κ1) is 17.5. The zero-order valence-corrected chi connectivity index (χ0v) is 12.4. The molecule has 0 aromatic heterocycles. The average Bonchev–Trinajstić information content (AvgIpc) is 2.32. The lowest BCUT2D eigenvalue weighted by molar-refractivity contribution is -0.138. The van der Waals surface area contributed by atoms with E-state index < -0.39 is 5.97 Å². The van der Waals surface area contributed by atoms with Gasteiger partial charge >= 0.3 is 5.97 Å². The maximum atomic E-state index is 10.7. The zero-order valence-electron chi connectivity index (χ0n) is 12.4. The maximum absolute atomic E-state index is 10.7. The van der Waals surface area contributed by atoms with Crippen LogP contribution in [0.5, 0.6) is 0 Å². The fourth-order valence-corrected chi connectivity index (χ4v) is 2.57. The third-order valence-corrected chi connectivity index (χ3v) is 3.63. The first-order valence-corrected chi connectivity index (χ1v) is 7.92. The molecule has 1 N–H and O–H groups in total. The highest BCUT2D eigenvalue weighted by Crippen LogP contribution is 2.20. The standard InChI is InChI=1S/C16H32O2/c1-3-5-6-7-8-9-10-11-13-15(12-4-2)14-16(17)18/h15H,3-14H2,1-2H3,(H,17,18). The van der Waals surface area contributed by atoms with E-state index in [9.17, 15) is 4.79 Å². The zero-order chi connectivity index (χ0) is 13.6. The first-order chi connectivity index (χ1) is 8.70. The molecule has 2 nitrogen and oxygen atoms in total. The summed E-state index contributed by atoms with van der Waals surface area (Å²) < 4.78 is 0. The van der Waals surface area contributed by atoms with Crippen LogP contribution >= 0.6 is 0 Å². The summed E-state index contributed by atoms with van der Waals surface area (Å²) in [4.78, 5) is 10.7. The number of rotatable bonds is 13. The van der Waals surface area contributed by atoms with E-state index in [1.165, 1.54) is 51.4 Å². The van der Waals surface area contributed by atoms with Gasteiger partial charge in [0.2, 0.25) is 0 Å². The van der Waals surface area contributed by atoms with Gasteiger partial charge in [0.25, 0.3) is 0 Å². The Morgan fingerprint density at radius 2 is 1.39 bits per heavy atom. The molecule has 0 aliphatic carbocycles. The van der Waals surface area contributed by atoms with Crippen molar-refractivity contribution in [3.05, 3.63) is 0 Å². The van der Waals surface area contributed by atoms with E-state index in [1.54, 1.807) is 0 Å². The van der Waals surface area contributed by atoms with Gasteiger partial charge in [-0.1, -0.05) is 78.1 Å². The van der Waals surface area contributed by atoms with E-state index >= 15 is 0 Å². The Labute approximate surface area is 113 Å². The Morgan fingerprint density at radius 3 is 1.89 bits per heavy atom. The molecule has 1 unspecified atom stereocenters. The summed E-state index contributed by atoms with van der Waals surface area (Å²) in [6, 6.07) is 0. The second kappa shape index (κ2) is 12.9. The largest absolute Gasteiger partial charge is 0.481 e. The highest BCUT2D eigenvalue weighted by Gasteiger charge is 2.11. The Balaban J connectivity index is 3.40. The highest BCUT2D eigenvalue weighted by molar-refractivity contribution is 5.66. The molecule has 0 aromatic carbocycles. The fraction of sp³-hybridized carbons (Fsp3) is 0.938. The molecule has 0 aliphatic rings. The summed E-state index contributed by atoms with van der Waals surface area (Å²) in [5.41, 5.74) is 0. The van der Waals surface area contributed by atoms with E-state index in [-0.39, 0.29) is 0 Å². The molecule has 0 fully saturated rings. The summed E-state index contributed by atoms with van der Waals surface area (Å²) in [5, 5.41) is 8.83. The van der Waals surface area contributed by atoms with Gasteiger partial charge in [0.1, 0.15) is 0 Å². The van der Waals surface area contributed by atoms with Gasteiger partial charge in [-0.2, -0.15) is 0 Å². The van der Waals surface area contributed by atoms with Crippen molar-refractivity contribution < 1.29 is 9.90 Å². The van der Waals surface area contributed by atoms with Gasteiger partial charge in [0.05, 0.1) is 0 Å².